The van der Waals surface area contributed by atoms with Gasteiger partial charge in [-0.25, -0.2) is 0 Å². The van der Waals surface area contributed by atoms with Crippen LogP contribution in [0.2, 0.25) is 0 Å². The van der Waals surface area contributed by atoms with Crippen molar-refractivity contribution in [2.45, 2.75) is 50.0 Å². The molecule has 1 aliphatic carbocycles. The van der Waals surface area contributed by atoms with Crippen molar-refractivity contribution in [3.8, 4) is 5.75 Å². The lowest BCUT2D eigenvalue weighted by Gasteiger charge is -2.38. The number of para-hydroxylation sites is 1. The second kappa shape index (κ2) is 6.40. The lowest BCUT2D eigenvalue weighted by atomic mass is 9.69. The molecular weight excluding hydrogens is 266 g/mol. The molecule has 3 rings (SSSR count). The second-order valence-corrected chi connectivity index (χ2v) is 7.29. The molecule has 1 saturated carbocycles. The molecule has 20 heavy (non-hydrogen) atoms. The molecule has 1 saturated heterocycles. The fourth-order valence-corrected chi connectivity index (χ4v) is 4.70. The van der Waals surface area contributed by atoms with Gasteiger partial charge in [-0.15, -0.1) is 0 Å². The van der Waals surface area contributed by atoms with E-state index >= 15 is 0 Å². The van der Waals surface area contributed by atoms with Crippen molar-refractivity contribution in [2.24, 2.45) is 5.73 Å². The fourth-order valence-electron chi connectivity index (χ4n) is 3.60. The van der Waals surface area contributed by atoms with Gasteiger partial charge in [-0.2, -0.15) is 11.8 Å². The summed E-state index contributed by atoms with van der Waals surface area (Å²) in [4.78, 5) is 0. The van der Waals surface area contributed by atoms with E-state index in [0.29, 0.717) is 6.10 Å². The SMILES string of the molecule is NCC1(c2ccccc2OC2CCSC2)CCCCC1. The summed E-state index contributed by atoms with van der Waals surface area (Å²) in [6, 6.07) is 8.62. The highest BCUT2D eigenvalue weighted by molar-refractivity contribution is 7.99. The van der Waals surface area contributed by atoms with Crippen molar-refractivity contribution in [1.82, 2.24) is 0 Å². The summed E-state index contributed by atoms with van der Waals surface area (Å²) in [5.74, 6) is 3.45. The van der Waals surface area contributed by atoms with Crippen molar-refractivity contribution in [3.05, 3.63) is 29.8 Å². The van der Waals surface area contributed by atoms with Crippen LogP contribution < -0.4 is 10.5 Å². The van der Waals surface area contributed by atoms with E-state index in [0.717, 1.165) is 18.0 Å². The molecule has 2 N–H and O–H groups in total. The van der Waals surface area contributed by atoms with Gasteiger partial charge in [0.15, 0.2) is 0 Å². The zero-order chi connectivity index (χ0) is 13.8. The highest BCUT2D eigenvalue weighted by Crippen LogP contribution is 2.43. The Labute approximate surface area is 126 Å². The first-order chi connectivity index (χ1) is 9.84. The summed E-state index contributed by atoms with van der Waals surface area (Å²) in [6.45, 7) is 0.743. The smallest absolute Gasteiger partial charge is 0.123 e. The maximum atomic E-state index is 6.31. The van der Waals surface area contributed by atoms with Gasteiger partial charge in [0.1, 0.15) is 11.9 Å². The van der Waals surface area contributed by atoms with E-state index in [1.807, 2.05) is 11.8 Å². The Kier molecular flexibility index (Phi) is 4.57. The highest BCUT2D eigenvalue weighted by Gasteiger charge is 2.35. The summed E-state index contributed by atoms with van der Waals surface area (Å²) in [5.41, 5.74) is 7.70. The van der Waals surface area contributed by atoms with Crippen LogP contribution in [0.15, 0.2) is 24.3 Å². The van der Waals surface area contributed by atoms with Crippen LogP contribution in [0, 0.1) is 0 Å². The number of nitrogens with two attached hydrogens (primary N) is 1. The van der Waals surface area contributed by atoms with Crippen LogP contribution in [0.4, 0.5) is 0 Å². The lowest BCUT2D eigenvalue weighted by molar-refractivity contribution is 0.214. The molecular formula is C17H25NOS. The van der Waals surface area contributed by atoms with Gasteiger partial charge in [0.25, 0.3) is 0 Å². The molecule has 0 aromatic heterocycles. The van der Waals surface area contributed by atoms with Crippen LogP contribution in [-0.2, 0) is 5.41 Å². The summed E-state index contributed by atoms with van der Waals surface area (Å²) in [6.07, 6.45) is 7.93. The van der Waals surface area contributed by atoms with Crippen molar-refractivity contribution in [1.29, 1.82) is 0 Å². The maximum absolute atomic E-state index is 6.31. The number of hydrogen-bond acceptors (Lipinski definition) is 3. The lowest BCUT2D eigenvalue weighted by Crippen LogP contribution is -2.37. The number of rotatable bonds is 4. The first-order valence-electron chi connectivity index (χ1n) is 7.88. The van der Waals surface area contributed by atoms with E-state index in [1.54, 1.807) is 0 Å². The molecule has 1 aromatic rings. The largest absolute Gasteiger partial charge is 0.489 e. The van der Waals surface area contributed by atoms with Gasteiger partial charge >= 0.3 is 0 Å². The van der Waals surface area contributed by atoms with Gasteiger partial charge < -0.3 is 10.5 Å². The average molecular weight is 291 g/mol. The first kappa shape index (κ1) is 14.3. The molecule has 110 valence electrons. The zero-order valence-electron chi connectivity index (χ0n) is 12.1. The maximum Gasteiger partial charge on any atom is 0.123 e. The van der Waals surface area contributed by atoms with Crippen molar-refractivity contribution < 1.29 is 4.74 Å². The Morgan fingerprint density at radius 2 is 2.00 bits per heavy atom. The third kappa shape index (κ3) is 2.84. The highest BCUT2D eigenvalue weighted by atomic mass is 32.2. The molecule has 1 aliphatic heterocycles. The average Bonchev–Trinajstić information content (AvgIpc) is 3.01. The van der Waals surface area contributed by atoms with Crippen LogP contribution in [0.1, 0.15) is 44.1 Å². The number of thioether (sulfide) groups is 1. The van der Waals surface area contributed by atoms with Crippen molar-refractivity contribution in [2.75, 3.05) is 18.1 Å². The fraction of sp³-hybridized carbons (Fsp3) is 0.647. The predicted octanol–water partition coefficient (Wildman–Crippen LogP) is 3.73. The predicted molar refractivity (Wildman–Crippen MR) is 86.6 cm³/mol. The van der Waals surface area contributed by atoms with E-state index in [1.165, 1.54) is 49.8 Å². The van der Waals surface area contributed by atoms with Crippen LogP contribution in [0.3, 0.4) is 0 Å². The van der Waals surface area contributed by atoms with Gasteiger partial charge in [0.2, 0.25) is 0 Å². The van der Waals surface area contributed by atoms with Gasteiger partial charge in [0.05, 0.1) is 0 Å². The van der Waals surface area contributed by atoms with Crippen LogP contribution >= 0.6 is 11.8 Å². The van der Waals surface area contributed by atoms with E-state index in [4.69, 9.17) is 10.5 Å². The van der Waals surface area contributed by atoms with Crippen molar-refractivity contribution >= 4 is 11.8 Å². The Morgan fingerprint density at radius 3 is 2.70 bits per heavy atom. The molecule has 2 aliphatic rings. The molecule has 2 fully saturated rings. The monoisotopic (exact) mass is 291 g/mol. The van der Waals surface area contributed by atoms with Gasteiger partial charge in [-0.3, -0.25) is 0 Å². The number of ether oxygens (including phenoxy) is 1. The Hall–Kier alpha value is -0.670. The summed E-state index contributed by atoms with van der Waals surface area (Å²) >= 11 is 2.00. The minimum Gasteiger partial charge on any atom is -0.489 e. The molecule has 3 heteroatoms. The summed E-state index contributed by atoms with van der Waals surface area (Å²) in [5, 5.41) is 0. The van der Waals surface area contributed by atoms with E-state index in [9.17, 15) is 0 Å². The molecule has 0 spiro atoms. The van der Waals surface area contributed by atoms with Gasteiger partial charge in [-0.05, 0) is 31.1 Å². The Morgan fingerprint density at radius 1 is 1.20 bits per heavy atom. The molecule has 0 amide bonds. The summed E-state index contributed by atoms with van der Waals surface area (Å²) < 4.78 is 6.31. The topological polar surface area (TPSA) is 35.2 Å². The van der Waals surface area contributed by atoms with E-state index in [-0.39, 0.29) is 5.41 Å². The van der Waals surface area contributed by atoms with Gasteiger partial charge in [0, 0.05) is 23.3 Å². The third-order valence-corrected chi connectivity index (χ3v) is 5.97. The quantitative estimate of drug-likeness (QED) is 0.918. The van der Waals surface area contributed by atoms with Crippen LogP contribution in [0.5, 0.6) is 5.75 Å². The zero-order valence-corrected chi connectivity index (χ0v) is 13.0. The molecule has 1 atom stereocenters. The number of benzene rings is 1. The van der Waals surface area contributed by atoms with E-state index in [2.05, 4.69) is 24.3 Å². The Balaban J connectivity index is 1.87. The standard InChI is InChI=1S/C17H25NOS/c18-13-17(9-4-1-5-10-17)15-6-2-3-7-16(15)19-14-8-11-20-12-14/h2-3,6-7,14H,1,4-5,8-13,18H2. The molecule has 0 bridgehead atoms. The van der Waals surface area contributed by atoms with Crippen molar-refractivity contribution in [3.63, 3.8) is 0 Å². The third-order valence-electron chi connectivity index (χ3n) is 4.84. The second-order valence-electron chi connectivity index (χ2n) is 6.14. The normalized spacial score (nSPS) is 25.6. The minimum atomic E-state index is 0.153. The molecule has 1 aromatic carbocycles. The van der Waals surface area contributed by atoms with E-state index < -0.39 is 0 Å². The molecule has 1 heterocycles. The first-order valence-corrected chi connectivity index (χ1v) is 9.03. The van der Waals surface area contributed by atoms with Crippen LogP contribution in [0.25, 0.3) is 0 Å². The Bertz CT molecular complexity index is 436. The van der Waals surface area contributed by atoms with Gasteiger partial charge in [-0.1, -0.05) is 37.5 Å². The molecule has 0 radical (unpaired) electrons. The minimum absolute atomic E-state index is 0.153. The number of hydrogen-bond donors (Lipinski definition) is 1. The van der Waals surface area contributed by atoms with Crippen LogP contribution in [-0.4, -0.2) is 24.2 Å². The molecule has 2 nitrogen and oxygen atoms in total. The molecule has 1 unspecified atom stereocenters. The summed E-state index contributed by atoms with van der Waals surface area (Å²) in [7, 11) is 0.